The molecule has 4 nitrogen and oxygen atoms in total. The molecular weight excluding hydrogens is 322 g/mol. The maximum atomic E-state index is 12.5. The summed E-state index contributed by atoms with van der Waals surface area (Å²) in [6.45, 7) is 1.19. The minimum atomic E-state index is -3.39. The van der Waals surface area contributed by atoms with E-state index in [9.17, 15) is 13.5 Å². The van der Waals surface area contributed by atoms with Gasteiger partial charge < -0.3 is 5.11 Å². The first-order valence-corrected chi connectivity index (χ1v) is 8.89. The monoisotopic (exact) mass is 337 g/mol. The van der Waals surface area contributed by atoms with Gasteiger partial charge in [0.1, 0.15) is 5.75 Å². The maximum Gasteiger partial charge on any atom is 0.243 e. The lowest BCUT2D eigenvalue weighted by Crippen LogP contribution is -2.27. The summed E-state index contributed by atoms with van der Waals surface area (Å²) in [4.78, 5) is 0.308. The van der Waals surface area contributed by atoms with E-state index in [0.29, 0.717) is 18.0 Å². The van der Waals surface area contributed by atoms with Crippen molar-refractivity contribution in [2.45, 2.75) is 17.7 Å². The van der Waals surface area contributed by atoms with E-state index in [-0.39, 0.29) is 10.8 Å². The molecule has 2 aromatic carbocycles. The van der Waals surface area contributed by atoms with E-state index < -0.39 is 10.0 Å². The highest BCUT2D eigenvalue weighted by atomic mass is 35.5. The van der Waals surface area contributed by atoms with Crippen LogP contribution in [0.4, 0.5) is 0 Å². The fourth-order valence-corrected chi connectivity index (χ4v) is 4.28. The summed E-state index contributed by atoms with van der Waals surface area (Å²) in [6.07, 6.45) is 1.84. The van der Waals surface area contributed by atoms with Gasteiger partial charge in [-0.1, -0.05) is 29.8 Å². The second kappa shape index (κ2) is 5.91. The van der Waals surface area contributed by atoms with Gasteiger partial charge >= 0.3 is 0 Å². The summed E-state index contributed by atoms with van der Waals surface area (Å²) in [5, 5.41) is 9.72. The number of hydrogen-bond donors (Lipinski definition) is 1. The zero-order valence-electron chi connectivity index (χ0n) is 11.9. The molecule has 0 atom stereocenters. The van der Waals surface area contributed by atoms with Crippen molar-refractivity contribution in [2.24, 2.45) is 0 Å². The molecular formula is C16H16ClNO3S. The van der Waals surface area contributed by atoms with Crippen molar-refractivity contribution >= 4 is 21.6 Å². The van der Waals surface area contributed by atoms with Crippen LogP contribution in [-0.4, -0.2) is 30.9 Å². The molecule has 1 N–H and O–H groups in total. The molecule has 0 bridgehead atoms. The van der Waals surface area contributed by atoms with E-state index in [0.717, 1.165) is 24.0 Å². The molecule has 0 aromatic heterocycles. The summed E-state index contributed by atoms with van der Waals surface area (Å²) >= 11 is 5.90. The van der Waals surface area contributed by atoms with Gasteiger partial charge in [0, 0.05) is 13.1 Å². The fraction of sp³-hybridized carbons (Fsp3) is 0.250. The second-order valence-electron chi connectivity index (χ2n) is 5.30. The molecule has 0 unspecified atom stereocenters. The number of nitrogens with zero attached hydrogens (tertiary/aromatic N) is 1. The van der Waals surface area contributed by atoms with Gasteiger partial charge in [-0.25, -0.2) is 8.42 Å². The van der Waals surface area contributed by atoms with Crippen LogP contribution in [0.5, 0.6) is 5.75 Å². The summed E-state index contributed by atoms with van der Waals surface area (Å²) in [7, 11) is -3.39. The molecule has 116 valence electrons. The van der Waals surface area contributed by atoms with Crippen molar-refractivity contribution in [1.82, 2.24) is 4.31 Å². The predicted octanol–water partition coefficient (Wildman–Crippen LogP) is 3.50. The third-order valence-electron chi connectivity index (χ3n) is 3.84. The van der Waals surface area contributed by atoms with Crippen LogP contribution in [0.3, 0.4) is 0 Å². The Hall–Kier alpha value is -1.56. The van der Waals surface area contributed by atoms with Crippen molar-refractivity contribution in [1.29, 1.82) is 0 Å². The van der Waals surface area contributed by atoms with Gasteiger partial charge in [0.15, 0.2) is 0 Å². The van der Waals surface area contributed by atoms with Crippen LogP contribution in [0.15, 0.2) is 47.4 Å². The molecule has 0 amide bonds. The molecule has 1 aliphatic heterocycles. The lowest BCUT2D eigenvalue weighted by molar-refractivity contribution is 0.475. The number of halogens is 1. The Labute approximate surface area is 135 Å². The number of phenols is 1. The molecule has 3 rings (SSSR count). The van der Waals surface area contributed by atoms with E-state index >= 15 is 0 Å². The minimum Gasteiger partial charge on any atom is -0.506 e. The van der Waals surface area contributed by atoms with Crippen LogP contribution in [0, 0.1) is 0 Å². The molecule has 2 aromatic rings. The Bertz CT molecular complexity index is 782. The number of phenolic OH excluding ortho intramolecular Hbond substituents is 1. The minimum absolute atomic E-state index is 0.0265. The molecule has 1 aliphatic rings. The van der Waals surface area contributed by atoms with Crippen LogP contribution in [-0.2, 0) is 10.0 Å². The zero-order chi connectivity index (χ0) is 15.7. The molecule has 1 heterocycles. The lowest BCUT2D eigenvalue weighted by atomic mass is 10.1. The SMILES string of the molecule is O=S(=O)(c1ccc(-c2ccc(O)c(Cl)c2)cc1)N1CCCC1. The first-order valence-electron chi connectivity index (χ1n) is 7.07. The highest BCUT2D eigenvalue weighted by Crippen LogP contribution is 2.30. The van der Waals surface area contributed by atoms with Crippen molar-refractivity contribution in [3.05, 3.63) is 47.5 Å². The molecule has 6 heteroatoms. The smallest absolute Gasteiger partial charge is 0.243 e. The van der Waals surface area contributed by atoms with Crippen molar-refractivity contribution in [3.8, 4) is 16.9 Å². The average molecular weight is 338 g/mol. The third-order valence-corrected chi connectivity index (χ3v) is 6.05. The van der Waals surface area contributed by atoms with Gasteiger partial charge in [0.2, 0.25) is 10.0 Å². The van der Waals surface area contributed by atoms with Gasteiger partial charge in [0.25, 0.3) is 0 Å². The lowest BCUT2D eigenvalue weighted by Gasteiger charge is -2.15. The normalized spacial score (nSPS) is 16.0. The van der Waals surface area contributed by atoms with Crippen LogP contribution >= 0.6 is 11.6 Å². The van der Waals surface area contributed by atoms with E-state index in [2.05, 4.69) is 0 Å². The van der Waals surface area contributed by atoms with Crippen LogP contribution in [0.1, 0.15) is 12.8 Å². The standard InChI is InChI=1S/C16H16ClNO3S/c17-15-11-13(5-8-16(15)19)12-3-6-14(7-4-12)22(20,21)18-9-1-2-10-18/h3-8,11,19H,1-2,9-10H2. The van der Waals surface area contributed by atoms with E-state index in [1.54, 1.807) is 36.4 Å². The van der Waals surface area contributed by atoms with E-state index in [1.165, 1.54) is 10.4 Å². The number of sulfonamides is 1. The molecule has 1 fully saturated rings. The predicted molar refractivity (Wildman–Crippen MR) is 86.5 cm³/mol. The average Bonchev–Trinajstić information content (AvgIpc) is 3.05. The number of aromatic hydroxyl groups is 1. The molecule has 0 aliphatic carbocycles. The maximum absolute atomic E-state index is 12.5. The summed E-state index contributed by atoms with van der Waals surface area (Å²) in [6, 6.07) is 11.7. The Morgan fingerprint density at radius 2 is 1.55 bits per heavy atom. The summed E-state index contributed by atoms with van der Waals surface area (Å²) in [5.74, 6) is 0.0265. The molecule has 22 heavy (non-hydrogen) atoms. The van der Waals surface area contributed by atoms with Gasteiger partial charge in [-0.3, -0.25) is 0 Å². The van der Waals surface area contributed by atoms with Crippen molar-refractivity contribution in [2.75, 3.05) is 13.1 Å². The highest BCUT2D eigenvalue weighted by Gasteiger charge is 2.26. The summed E-state index contributed by atoms with van der Waals surface area (Å²) in [5.41, 5.74) is 1.68. The van der Waals surface area contributed by atoms with Crippen molar-refractivity contribution < 1.29 is 13.5 Å². The highest BCUT2D eigenvalue weighted by molar-refractivity contribution is 7.89. The Morgan fingerprint density at radius 3 is 2.14 bits per heavy atom. The van der Waals surface area contributed by atoms with Gasteiger partial charge in [0.05, 0.1) is 9.92 Å². The zero-order valence-corrected chi connectivity index (χ0v) is 13.4. The van der Waals surface area contributed by atoms with Crippen LogP contribution in [0.2, 0.25) is 5.02 Å². The molecule has 0 radical (unpaired) electrons. The number of rotatable bonds is 3. The number of benzene rings is 2. The molecule has 0 spiro atoms. The first kappa shape index (κ1) is 15.3. The van der Waals surface area contributed by atoms with Gasteiger partial charge in [-0.05, 0) is 48.2 Å². The van der Waals surface area contributed by atoms with E-state index in [4.69, 9.17) is 11.6 Å². The molecule has 1 saturated heterocycles. The van der Waals surface area contributed by atoms with E-state index in [1.807, 2.05) is 0 Å². The Kier molecular flexibility index (Phi) is 4.12. The van der Waals surface area contributed by atoms with Gasteiger partial charge in [-0.15, -0.1) is 0 Å². The van der Waals surface area contributed by atoms with Gasteiger partial charge in [-0.2, -0.15) is 4.31 Å². The second-order valence-corrected chi connectivity index (χ2v) is 7.65. The fourth-order valence-electron chi connectivity index (χ4n) is 2.58. The largest absolute Gasteiger partial charge is 0.506 e. The first-order chi connectivity index (χ1) is 10.5. The van der Waals surface area contributed by atoms with Crippen LogP contribution in [0.25, 0.3) is 11.1 Å². The molecule has 0 saturated carbocycles. The van der Waals surface area contributed by atoms with Crippen molar-refractivity contribution in [3.63, 3.8) is 0 Å². The quantitative estimate of drug-likeness (QED) is 0.932. The Morgan fingerprint density at radius 1 is 0.955 bits per heavy atom. The third kappa shape index (κ3) is 2.84. The summed E-state index contributed by atoms with van der Waals surface area (Å²) < 4.78 is 26.4. The topological polar surface area (TPSA) is 57.6 Å². The van der Waals surface area contributed by atoms with Crippen LogP contribution < -0.4 is 0 Å². The number of hydrogen-bond acceptors (Lipinski definition) is 3. The Balaban J connectivity index is 1.90.